The molecule has 5 heteroatoms. The molecule has 150 valence electrons. The van der Waals surface area contributed by atoms with Gasteiger partial charge in [-0.2, -0.15) is 4.74 Å². The molecule has 0 radical (unpaired) electrons. The van der Waals surface area contributed by atoms with E-state index in [2.05, 4.69) is 0 Å². The first-order chi connectivity index (χ1) is 13.5. The fraction of sp³-hybridized carbons (Fsp3) is 0.435. The van der Waals surface area contributed by atoms with Gasteiger partial charge in [0.1, 0.15) is 32.2 Å². The van der Waals surface area contributed by atoms with E-state index in [-0.39, 0.29) is 6.10 Å². The number of aliphatic hydroxyl groups is 1. The number of hydrogen-bond donors (Lipinski definition) is 1. The summed E-state index contributed by atoms with van der Waals surface area (Å²) < 4.78 is 23.8. The SMILES string of the molecule is C[C+](C)O[C@@H]1OC(C)[C@H](OCc2ccccc2)[C@@H](OCc2ccccc2)C1O. The average Bonchev–Trinajstić information content (AvgIpc) is 2.69. The van der Waals surface area contributed by atoms with Crippen molar-refractivity contribution in [2.24, 2.45) is 0 Å². The second-order valence-corrected chi connectivity index (χ2v) is 7.25. The fourth-order valence-corrected chi connectivity index (χ4v) is 3.27. The average molecular weight is 385 g/mol. The zero-order valence-corrected chi connectivity index (χ0v) is 16.7. The Labute approximate surface area is 167 Å². The predicted octanol–water partition coefficient (Wildman–Crippen LogP) is 3.85. The van der Waals surface area contributed by atoms with E-state index in [4.69, 9.17) is 18.9 Å². The lowest BCUT2D eigenvalue weighted by molar-refractivity contribution is -0.306. The Balaban J connectivity index is 1.71. The molecule has 1 aliphatic rings. The molecule has 1 N–H and O–H groups in total. The molecule has 5 atom stereocenters. The number of benzene rings is 2. The summed E-state index contributed by atoms with van der Waals surface area (Å²) >= 11 is 0. The maximum atomic E-state index is 10.9. The Morgan fingerprint density at radius 1 is 0.857 bits per heavy atom. The van der Waals surface area contributed by atoms with Crippen LogP contribution < -0.4 is 0 Å². The fourth-order valence-electron chi connectivity index (χ4n) is 3.27. The predicted molar refractivity (Wildman–Crippen MR) is 106 cm³/mol. The number of rotatable bonds is 8. The van der Waals surface area contributed by atoms with Gasteiger partial charge in [-0.05, 0) is 18.1 Å². The van der Waals surface area contributed by atoms with E-state index in [1.54, 1.807) is 0 Å². The van der Waals surface area contributed by atoms with E-state index >= 15 is 0 Å². The second kappa shape index (κ2) is 10.0. The van der Waals surface area contributed by atoms with Gasteiger partial charge in [-0.1, -0.05) is 60.7 Å². The van der Waals surface area contributed by atoms with E-state index < -0.39 is 24.6 Å². The highest BCUT2D eigenvalue weighted by atomic mass is 16.7. The summed E-state index contributed by atoms with van der Waals surface area (Å²) in [5.41, 5.74) is 2.09. The molecule has 0 saturated carbocycles. The van der Waals surface area contributed by atoms with Gasteiger partial charge in [-0.3, -0.25) is 0 Å². The van der Waals surface area contributed by atoms with Gasteiger partial charge in [0.2, 0.25) is 12.4 Å². The van der Waals surface area contributed by atoms with Gasteiger partial charge in [-0.25, -0.2) is 0 Å². The molecule has 1 aliphatic heterocycles. The first-order valence-corrected chi connectivity index (χ1v) is 9.66. The quantitative estimate of drug-likeness (QED) is 0.700. The maximum absolute atomic E-state index is 10.9. The molecule has 0 aromatic heterocycles. The second-order valence-electron chi connectivity index (χ2n) is 7.25. The van der Waals surface area contributed by atoms with Crippen molar-refractivity contribution in [3.8, 4) is 0 Å². The standard InChI is InChI=1S/C23H29O5/c1-16(2)27-23-20(24)22(26-15-19-12-8-5-9-13-19)21(17(3)28-23)25-14-18-10-6-4-7-11-18/h4-13,17,20-24H,14-15H2,1-3H3/q+1/t17?,20?,21-,22-,23+/m0/s1. The minimum atomic E-state index is -0.962. The van der Waals surface area contributed by atoms with E-state index in [9.17, 15) is 5.11 Å². The van der Waals surface area contributed by atoms with Crippen LogP contribution in [0.4, 0.5) is 0 Å². The molecule has 0 bridgehead atoms. The van der Waals surface area contributed by atoms with Crippen LogP contribution in [0.2, 0.25) is 0 Å². The van der Waals surface area contributed by atoms with E-state index in [0.29, 0.717) is 13.2 Å². The van der Waals surface area contributed by atoms with Crippen molar-refractivity contribution in [2.75, 3.05) is 0 Å². The summed E-state index contributed by atoms with van der Waals surface area (Å²) in [7, 11) is 0. The molecule has 2 aromatic carbocycles. The van der Waals surface area contributed by atoms with Gasteiger partial charge in [-0.15, -0.1) is 0 Å². The summed E-state index contributed by atoms with van der Waals surface area (Å²) in [5.74, 6) is 0. The highest BCUT2D eigenvalue weighted by molar-refractivity contribution is 5.14. The van der Waals surface area contributed by atoms with Crippen LogP contribution in [0.3, 0.4) is 0 Å². The minimum Gasteiger partial charge on any atom is -0.385 e. The summed E-state index contributed by atoms with van der Waals surface area (Å²) in [6, 6.07) is 19.8. The summed E-state index contributed by atoms with van der Waals surface area (Å²) in [4.78, 5) is 0. The van der Waals surface area contributed by atoms with Gasteiger partial charge in [0.15, 0.2) is 0 Å². The van der Waals surface area contributed by atoms with Crippen LogP contribution >= 0.6 is 0 Å². The molecular weight excluding hydrogens is 356 g/mol. The number of aliphatic hydroxyl groups excluding tert-OH is 1. The van der Waals surface area contributed by atoms with Crippen LogP contribution in [0.5, 0.6) is 0 Å². The third-order valence-corrected chi connectivity index (χ3v) is 4.67. The summed E-state index contributed by atoms with van der Waals surface area (Å²) in [6.45, 7) is 6.38. The third-order valence-electron chi connectivity index (χ3n) is 4.67. The largest absolute Gasteiger partial charge is 0.385 e. The summed E-state index contributed by atoms with van der Waals surface area (Å²) in [6.07, 6.45) is -2.31. The van der Waals surface area contributed by atoms with Gasteiger partial charge in [0.05, 0.1) is 19.3 Å². The Kier molecular flexibility index (Phi) is 7.48. The zero-order valence-electron chi connectivity index (χ0n) is 16.7. The van der Waals surface area contributed by atoms with Crippen molar-refractivity contribution in [1.29, 1.82) is 0 Å². The molecule has 3 rings (SSSR count). The Hall–Kier alpha value is -1.89. The smallest absolute Gasteiger partial charge is 0.238 e. The lowest BCUT2D eigenvalue weighted by Crippen LogP contribution is -2.59. The Bertz CT molecular complexity index is 691. The van der Waals surface area contributed by atoms with Crippen LogP contribution in [0.15, 0.2) is 60.7 Å². The highest BCUT2D eigenvalue weighted by Crippen LogP contribution is 2.29. The first-order valence-electron chi connectivity index (χ1n) is 9.66. The molecule has 28 heavy (non-hydrogen) atoms. The normalized spacial score (nSPS) is 27.5. The van der Waals surface area contributed by atoms with E-state index in [1.807, 2.05) is 81.4 Å². The van der Waals surface area contributed by atoms with Crippen molar-refractivity contribution in [2.45, 2.75) is 64.7 Å². The lowest BCUT2D eigenvalue weighted by Gasteiger charge is -2.42. The summed E-state index contributed by atoms with van der Waals surface area (Å²) in [5, 5.41) is 10.9. The molecular formula is C23H29O5+. The Morgan fingerprint density at radius 2 is 1.36 bits per heavy atom. The van der Waals surface area contributed by atoms with Gasteiger partial charge < -0.3 is 19.3 Å². The van der Waals surface area contributed by atoms with Crippen molar-refractivity contribution in [3.63, 3.8) is 0 Å². The van der Waals surface area contributed by atoms with Crippen LogP contribution in [0, 0.1) is 6.10 Å². The van der Waals surface area contributed by atoms with Crippen LogP contribution in [-0.4, -0.2) is 35.8 Å². The molecule has 0 spiro atoms. The van der Waals surface area contributed by atoms with Crippen molar-refractivity contribution < 1.29 is 24.1 Å². The molecule has 0 amide bonds. The van der Waals surface area contributed by atoms with E-state index in [0.717, 1.165) is 17.2 Å². The molecule has 5 nitrogen and oxygen atoms in total. The molecule has 1 fully saturated rings. The molecule has 1 heterocycles. The highest BCUT2D eigenvalue weighted by Gasteiger charge is 2.47. The molecule has 2 aromatic rings. The Morgan fingerprint density at radius 3 is 1.86 bits per heavy atom. The van der Waals surface area contributed by atoms with Gasteiger partial charge in [0, 0.05) is 0 Å². The van der Waals surface area contributed by atoms with Crippen molar-refractivity contribution >= 4 is 0 Å². The van der Waals surface area contributed by atoms with Gasteiger partial charge >= 0.3 is 0 Å². The zero-order chi connectivity index (χ0) is 19.9. The van der Waals surface area contributed by atoms with E-state index in [1.165, 1.54) is 0 Å². The van der Waals surface area contributed by atoms with Crippen molar-refractivity contribution in [1.82, 2.24) is 0 Å². The molecule has 0 aliphatic carbocycles. The number of hydrogen-bond acceptors (Lipinski definition) is 5. The first kappa shape index (κ1) is 20.8. The molecule has 1 saturated heterocycles. The monoisotopic (exact) mass is 385 g/mol. The van der Waals surface area contributed by atoms with Gasteiger partial charge in [0.25, 0.3) is 0 Å². The van der Waals surface area contributed by atoms with Crippen molar-refractivity contribution in [3.05, 3.63) is 77.9 Å². The molecule has 2 unspecified atom stereocenters. The maximum Gasteiger partial charge on any atom is 0.238 e. The minimum absolute atomic E-state index is 0.294. The van der Waals surface area contributed by atoms with Crippen LogP contribution in [-0.2, 0) is 32.2 Å². The third kappa shape index (κ3) is 5.56. The van der Waals surface area contributed by atoms with Crippen LogP contribution in [0.1, 0.15) is 31.9 Å². The van der Waals surface area contributed by atoms with Crippen LogP contribution in [0.25, 0.3) is 0 Å². The lowest BCUT2D eigenvalue weighted by atomic mass is 9.99. The number of ether oxygens (including phenoxy) is 4. The topological polar surface area (TPSA) is 57.2 Å².